The van der Waals surface area contributed by atoms with Crippen molar-refractivity contribution in [2.24, 2.45) is 12.5 Å². The molecule has 0 spiro atoms. The van der Waals surface area contributed by atoms with Gasteiger partial charge in [0, 0.05) is 31.7 Å². The van der Waals surface area contributed by atoms with Crippen LogP contribution in [-0.2, 0) is 16.6 Å². The minimum atomic E-state index is -1.13. The van der Waals surface area contributed by atoms with Crippen LogP contribution in [0.15, 0.2) is 47.9 Å². The Balaban J connectivity index is 1.66. The first kappa shape index (κ1) is 28.8. The summed E-state index contributed by atoms with van der Waals surface area (Å²) in [6.45, 7) is 4.11. The van der Waals surface area contributed by atoms with Crippen molar-refractivity contribution in [2.75, 3.05) is 12.3 Å². The Hall–Kier alpha value is -2.81. The lowest BCUT2D eigenvalue weighted by atomic mass is 9.65. The molecule has 2 aromatic rings. The van der Waals surface area contributed by atoms with Gasteiger partial charge in [0.15, 0.2) is 5.16 Å². The second-order valence-electron chi connectivity index (χ2n) is 10.2. The van der Waals surface area contributed by atoms with Crippen LogP contribution < -0.4 is 5.32 Å². The van der Waals surface area contributed by atoms with E-state index in [1.165, 1.54) is 4.90 Å². The minimum Gasteiger partial charge on any atom is -0.465 e. The fourth-order valence-corrected chi connectivity index (χ4v) is 5.88. The molecule has 0 bridgehead atoms. The third-order valence-corrected chi connectivity index (χ3v) is 8.55. The van der Waals surface area contributed by atoms with Crippen molar-refractivity contribution >= 4 is 29.5 Å². The Labute approximate surface area is 224 Å². The quantitative estimate of drug-likeness (QED) is 0.181. The molecule has 37 heavy (non-hydrogen) atoms. The summed E-state index contributed by atoms with van der Waals surface area (Å²) in [6, 6.07) is 8.10. The van der Waals surface area contributed by atoms with Gasteiger partial charge in [-0.3, -0.25) is 14.5 Å². The van der Waals surface area contributed by atoms with E-state index in [4.69, 9.17) is 0 Å². The molecule has 1 aromatic carbocycles. The van der Waals surface area contributed by atoms with Crippen LogP contribution in [0.3, 0.4) is 0 Å². The number of thioether (sulfide) groups is 1. The highest BCUT2D eigenvalue weighted by molar-refractivity contribution is 7.99. The van der Waals surface area contributed by atoms with Gasteiger partial charge in [0.2, 0.25) is 5.78 Å². The zero-order valence-electron chi connectivity index (χ0n) is 22.2. The number of benzene rings is 1. The van der Waals surface area contributed by atoms with E-state index in [0.29, 0.717) is 12.8 Å². The molecule has 1 fully saturated rings. The molecular formula is C28H40N4O4S. The Morgan fingerprint density at radius 1 is 1.22 bits per heavy atom. The zero-order chi connectivity index (χ0) is 26.8. The molecule has 1 saturated carbocycles. The van der Waals surface area contributed by atoms with E-state index in [-0.39, 0.29) is 18.0 Å². The number of carbonyl (C=O) groups excluding carboxylic acids is 2. The largest absolute Gasteiger partial charge is 0.465 e. The summed E-state index contributed by atoms with van der Waals surface area (Å²) in [7, 11) is 1.97. The van der Waals surface area contributed by atoms with Crippen molar-refractivity contribution in [2.45, 2.75) is 82.5 Å². The molecule has 202 valence electrons. The zero-order valence-corrected chi connectivity index (χ0v) is 23.0. The van der Waals surface area contributed by atoms with Crippen LogP contribution >= 0.6 is 11.8 Å². The highest BCUT2D eigenvalue weighted by Crippen LogP contribution is 2.46. The number of hydrogen-bond donors (Lipinski definition) is 2. The van der Waals surface area contributed by atoms with E-state index < -0.39 is 23.8 Å². The molecular weight excluding hydrogens is 488 g/mol. The fraction of sp³-hybridized carbons (Fsp3) is 0.571. The highest BCUT2D eigenvalue weighted by Gasteiger charge is 2.43. The number of nitrogens with one attached hydrogen (secondary N) is 1. The summed E-state index contributed by atoms with van der Waals surface area (Å²) < 4.78 is 1.99. The molecule has 1 aliphatic carbocycles. The summed E-state index contributed by atoms with van der Waals surface area (Å²) in [6.07, 6.45) is 9.17. The van der Waals surface area contributed by atoms with Gasteiger partial charge in [0.25, 0.3) is 5.91 Å². The van der Waals surface area contributed by atoms with Gasteiger partial charge in [0.05, 0.1) is 6.04 Å². The van der Waals surface area contributed by atoms with Gasteiger partial charge >= 0.3 is 6.09 Å². The summed E-state index contributed by atoms with van der Waals surface area (Å²) >= 11 is 1.70. The molecule has 1 aliphatic rings. The number of Topliss-reactive ketones (excluding diaryl/α,β-unsaturated/α-hetero) is 1. The van der Waals surface area contributed by atoms with E-state index in [9.17, 15) is 19.5 Å². The van der Waals surface area contributed by atoms with E-state index in [1.54, 1.807) is 18.0 Å². The molecule has 0 radical (unpaired) electrons. The van der Waals surface area contributed by atoms with Gasteiger partial charge in [0.1, 0.15) is 6.04 Å². The normalized spacial score (nSPS) is 15.9. The van der Waals surface area contributed by atoms with Gasteiger partial charge in [-0.2, -0.15) is 0 Å². The molecule has 0 aliphatic heterocycles. The lowest BCUT2D eigenvalue weighted by Gasteiger charge is -2.46. The second kappa shape index (κ2) is 13.7. The van der Waals surface area contributed by atoms with Gasteiger partial charge in [-0.1, -0.05) is 68.3 Å². The van der Waals surface area contributed by atoms with E-state index in [1.807, 2.05) is 62.0 Å². The molecule has 2 N–H and O–H groups in total. The van der Waals surface area contributed by atoms with Gasteiger partial charge < -0.3 is 15.0 Å². The molecule has 0 unspecified atom stereocenters. The molecule has 3 rings (SSSR count). The maximum atomic E-state index is 13.3. The number of rotatable bonds is 15. The van der Waals surface area contributed by atoms with Gasteiger partial charge in [-0.05, 0) is 50.0 Å². The van der Waals surface area contributed by atoms with Crippen LogP contribution in [0.2, 0.25) is 0 Å². The lowest BCUT2D eigenvalue weighted by molar-refractivity contribution is -0.141. The Kier molecular flexibility index (Phi) is 10.6. The van der Waals surface area contributed by atoms with Crippen LogP contribution in [-0.4, -0.2) is 55.7 Å². The SMILES string of the molecule is CCCC[C@@H](C(=O)C(=O)N[C@H](C)c1ccccc1)N(CC1(CCCSc2nccn2C)CCC1)C(=O)O. The number of ketones is 1. The van der Waals surface area contributed by atoms with Crippen molar-refractivity contribution in [3.63, 3.8) is 0 Å². The summed E-state index contributed by atoms with van der Waals surface area (Å²) in [5.74, 6) is -0.492. The Bertz CT molecular complexity index is 1040. The van der Waals surface area contributed by atoms with Crippen molar-refractivity contribution in [1.29, 1.82) is 0 Å². The van der Waals surface area contributed by atoms with Gasteiger partial charge in [-0.25, -0.2) is 9.78 Å². The molecule has 8 nitrogen and oxygen atoms in total. The first-order valence-electron chi connectivity index (χ1n) is 13.3. The maximum Gasteiger partial charge on any atom is 0.407 e. The number of amides is 2. The van der Waals surface area contributed by atoms with Crippen molar-refractivity contribution in [3.8, 4) is 0 Å². The molecule has 2 atom stereocenters. The summed E-state index contributed by atoms with van der Waals surface area (Å²) in [5, 5.41) is 13.9. The molecule has 1 aromatic heterocycles. The van der Waals surface area contributed by atoms with Crippen molar-refractivity contribution < 1.29 is 19.5 Å². The maximum absolute atomic E-state index is 13.3. The predicted octanol–water partition coefficient (Wildman–Crippen LogP) is 5.45. The monoisotopic (exact) mass is 528 g/mol. The van der Waals surface area contributed by atoms with E-state index in [2.05, 4.69) is 10.3 Å². The fourth-order valence-electron chi connectivity index (χ4n) is 5.01. The number of imidazole rings is 1. The lowest BCUT2D eigenvalue weighted by Crippen LogP contribution is -2.54. The smallest absolute Gasteiger partial charge is 0.407 e. The first-order chi connectivity index (χ1) is 17.8. The third-order valence-electron chi connectivity index (χ3n) is 7.41. The predicted molar refractivity (Wildman–Crippen MR) is 146 cm³/mol. The number of hydrogen-bond acceptors (Lipinski definition) is 5. The van der Waals surface area contributed by atoms with E-state index in [0.717, 1.165) is 55.0 Å². The van der Waals surface area contributed by atoms with E-state index >= 15 is 0 Å². The summed E-state index contributed by atoms with van der Waals surface area (Å²) in [5.41, 5.74) is 0.750. The Morgan fingerprint density at radius 2 is 1.95 bits per heavy atom. The molecule has 0 saturated heterocycles. The van der Waals surface area contributed by atoms with Crippen LogP contribution in [0.25, 0.3) is 0 Å². The van der Waals surface area contributed by atoms with Crippen LogP contribution in [0, 0.1) is 5.41 Å². The topological polar surface area (TPSA) is 105 Å². The molecule has 9 heteroatoms. The standard InChI is InChI=1S/C28H40N4O4S/c1-4-5-13-23(24(33)25(34)30-21(2)22-11-7-6-8-12-22)32(27(35)36)20-28(14-9-15-28)16-10-19-37-26-29-17-18-31(26)3/h6-8,11-12,17-18,21,23H,4-5,9-10,13-16,19-20H2,1-3H3,(H,30,34)(H,35,36)/t21-,23+/m1/s1. The first-order valence-corrected chi connectivity index (χ1v) is 14.2. The van der Waals surface area contributed by atoms with Crippen LogP contribution in [0.5, 0.6) is 0 Å². The third kappa shape index (κ3) is 7.84. The molecule has 1 heterocycles. The number of aryl methyl sites for hydroxylation is 1. The summed E-state index contributed by atoms with van der Waals surface area (Å²) in [4.78, 5) is 44.4. The number of carboxylic acid groups (broad SMARTS) is 1. The molecule has 2 amide bonds. The minimum absolute atomic E-state index is 0.140. The Morgan fingerprint density at radius 3 is 2.51 bits per heavy atom. The average Bonchev–Trinajstić information content (AvgIpc) is 3.28. The van der Waals surface area contributed by atoms with Crippen LogP contribution in [0.1, 0.15) is 76.8 Å². The average molecular weight is 529 g/mol. The number of nitrogens with zero attached hydrogens (tertiary/aromatic N) is 3. The van der Waals surface area contributed by atoms with Crippen molar-refractivity contribution in [3.05, 3.63) is 48.3 Å². The highest BCUT2D eigenvalue weighted by atomic mass is 32.2. The van der Waals surface area contributed by atoms with Crippen molar-refractivity contribution in [1.82, 2.24) is 19.8 Å². The number of aromatic nitrogens is 2. The number of unbranched alkanes of at least 4 members (excludes halogenated alkanes) is 1. The number of carbonyl (C=O) groups is 3. The second-order valence-corrected chi connectivity index (χ2v) is 11.2. The van der Waals surface area contributed by atoms with Crippen LogP contribution in [0.4, 0.5) is 4.79 Å². The van der Waals surface area contributed by atoms with Gasteiger partial charge in [-0.15, -0.1) is 0 Å².